The van der Waals surface area contributed by atoms with Crippen LogP contribution in [0.25, 0.3) is 0 Å². The predicted molar refractivity (Wildman–Crippen MR) is 81.0 cm³/mol. The van der Waals surface area contributed by atoms with E-state index in [4.69, 9.17) is 34.8 Å². The first-order chi connectivity index (χ1) is 8.88. The Hall–Kier alpha value is -1.03. The van der Waals surface area contributed by atoms with E-state index in [0.717, 1.165) is 16.8 Å². The van der Waals surface area contributed by atoms with Gasteiger partial charge in [0.1, 0.15) is 5.02 Å². The molecule has 0 aliphatic carbocycles. The van der Waals surface area contributed by atoms with Gasteiger partial charge in [-0.3, -0.25) is 0 Å². The number of anilines is 2. The lowest BCUT2D eigenvalue weighted by molar-refractivity contribution is 1.15. The highest BCUT2D eigenvalue weighted by atomic mass is 35.5. The first kappa shape index (κ1) is 14.4. The Kier molecular flexibility index (Phi) is 4.19. The van der Waals surface area contributed by atoms with E-state index < -0.39 is 0 Å². The molecule has 0 amide bonds. The number of halogens is 3. The molecule has 0 unspecified atom stereocenters. The van der Waals surface area contributed by atoms with Gasteiger partial charge in [-0.25, -0.2) is 0 Å². The second kappa shape index (κ2) is 5.53. The average molecular weight is 317 g/mol. The highest BCUT2D eigenvalue weighted by molar-refractivity contribution is 6.46. The van der Waals surface area contributed by atoms with Crippen molar-refractivity contribution in [3.63, 3.8) is 0 Å². The Morgan fingerprint density at radius 3 is 1.84 bits per heavy atom. The summed E-state index contributed by atoms with van der Waals surface area (Å²) in [6.45, 7) is 6.08. The summed E-state index contributed by atoms with van der Waals surface area (Å²) in [4.78, 5) is 8.12. The molecule has 0 aliphatic rings. The second-order valence-corrected chi connectivity index (χ2v) is 5.44. The van der Waals surface area contributed by atoms with Gasteiger partial charge < -0.3 is 5.32 Å². The van der Waals surface area contributed by atoms with Crippen molar-refractivity contribution in [2.75, 3.05) is 5.32 Å². The molecule has 1 aromatic heterocycles. The molecule has 19 heavy (non-hydrogen) atoms. The molecule has 1 heterocycles. The SMILES string of the molecule is Cc1cc(C)c(Nc2nc(Cl)c(Cl)c(Cl)n2)c(C)c1. The van der Waals surface area contributed by atoms with Crippen LogP contribution in [0.3, 0.4) is 0 Å². The van der Waals surface area contributed by atoms with Gasteiger partial charge in [-0.15, -0.1) is 0 Å². The Labute approximate surface area is 126 Å². The number of aryl methyl sites for hydroxylation is 3. The molecule has 3 nitrogen and oxygen atoms in total. The molecule has 0 fully saturated rings. The van der Waals surface area contributed by atoms with Gasteiger partial charge in [-0.05, 0) is 31.9 Å². The highest BCUT2D eigenvalue weighted by Crippen LogP contribution is 2.30. The van der Waals surface area contributed by atoms with Crippen LogP contribution in [-0.4, -0.2) is 9.97 Å². The lowest BCUT2D eigenvalue weighted by atomic mass is 10.1. The van der Waals surface area contributed by atoms with Crippen molar-refractivity contribution in [1.82, 2.24) is 9.97 Å². The van der Waals surface area contributed by atoms with Crippen LogP contribution in [0.15, 0.2) is 12.1 Å². The van der Waals surface area contributed by atoms with Gasteiger partial charge in [0.15, 0.2) is 10.3 Å². The minimum absolute atomic E-state index is 0.131. The van der Waals surface area contributed by atoms with E-state index in [1.165, 1.54) is 5.56 Å². The van der Waals surface area contributed by atoms with E-state index in [1.807, 2.05) is 13.8 Å². The van der Waals surface area contributed by atoms with Crippen molar-refractivity contribution >= 4 is 46.4 Å². The lowest BCUT2D eigenvalue weighted by Crippen LogP contribution is -2.02. The molecule has 0 spiro atoms. The van der Waals surface area contributed by atoms with E-state index >= 15 is 0 Å². The predicted octanol–water partition coefficient (Wildman–Crippen LogP) is 5.11. The third-order valence-electron chi connectivity index (χ3n) is 2.68. The van der Waals surface area contributed by atoms with E-state index in [-0.39, 0.29) is 15.3 Å². The average Bonchev–Trinajstić information content (AvgIpc) is 2.30. The fraction of sp³-hybridized carbons (Fsp3) is 0.231. The molecule has 1 aromatic carbocycles. The van der Waals surface area contributed by atoms with Gasteiger partial charge in [0, 0.05) is 5.69 Å². The van der Waals surface area contributed by atoms with Gasteiger partial charge in [0.05, 0.1) is 0 Å². The monoisotopic (exact) mass is 315 g/mol. The van der Waals surface area contributed by atoms with Crippen molar-refractivity contribution in [3.05, 3.63) is 44.2 Å². The van der Waals surface area contributed by atoms with Crippen molar-refractivity contribution < 1.29 is 0 Å². The molecule has 0 bridgehead atoms. The molecule has 100 valence electrons. The lowest BCUT2D eigenvalue weighted by Gasteiger charge is -2.13. The van der Waals surface area contributed by atoms with Crippen molar-refractivity contribution in [1.29, 1.82) is 0 Å². The molecule has 2 aromatic rings. The Morgan fingerprint density at radius 1 is 0.895 bits per heavy atom. The van der Waals surface area contributed by atoms with Crippen LogP contribution in [0.1, 0.15) is 16.7 Å². The maximum atomic E-state index is 5.88. The third-order valence-corrected chi connectivity index (χ3v) is 3.78. The summed E-state index contributed by atoms with van der Waals surface area (Å²) in [5.74, 6) is 0.328. The molecular formula is C13H12Cl3N3. The fourth-order valence-corrected chi connectivity index (χ4v) is 2.41. The maximum Gasteiger partial charge on any atom is 0.230 e. The highest BCUT2D eigenvalue weighted by Gasteiger charge is 2.11. The van der Waals surface area contributed by atoms with Crippen LogP contribution >= 0.6 is 34.8 Å². The molecule has 0 saturated carbocycles. The number of hydrogen-bond acceptors (Lipinski definition) is 3. The van der Waals surface area contributed by atoms with Crippen LogP contribution in [0.5, 0.6) is 0 Å². The van der Waals surface area contributed by atoms with Gasteiger partial charge in [0.25, 0.3) is 0 Å². The smallest absolute Gasteiger partial charge is 0.230 e. The van der Waals surface area contributed by atoms with E-state index in [1.54, 1.807) is 0 Å². The van der Waals surface area contributed by atoms with Gasteiger partial charge in [-0.2, -0.15) is 9.97 Å². The van der Waals surface area contributed by atoms with Crippen LogP contribution < -0.4 is 5.32 Å². The summed E-state index contributed by atoms with van der Waals surface area (Å²) < 4.78 is 0. The van der Waals surface area contributed by atoms with Gasteiger partial charge in [-0.1, -0.05) is 52.5 Å². The van der Waals surface area contributed by atoms with Crippen LogP contribution in [0.4, 0.5) is 11.6 Å². The number of nitrogens with zero attached hydrogens (tertiary/aromatic N) is 2. The number of nitrogens with one attached hydrogen (secondary N) is 1. The number of benzene rings is 1. The maximum absolute atomic E-state index is 5.88. The molecular weight excluding hydrogens is 305 g/mol. The zero-order valence-electron chi connectivity index (χ0n) is 10.7. The molecule has 1 N–H and O–H groups in total. The molecule has 0 atom stereocenters. The quantitative estimate of drug-likeness (QED) is 0.783. The standard InChI is InChI=1S/C13H12Cl3N3/c1-6-4-7(2)10(8(3)5-6)17-13-18-11(15)9(14)12(16)19-13/h4-5H,1-3H3,(H,17,18,19). The van der Waals surface area contributed by atoms with Gasteiger partial charge >= 0.3 is 0 Å². The van der Waals surface area contributed by atoms with Crippen LogP contribution in [0.2, 0.25) is 15.3 Å². The Balaban J connectivity index is 2.42. The summed E-state index contributed by atoms with van der Waals surface area (Å²) in [6.07, 6.45) is 0. The second-order valence-electron chi connectivity index (χ2n) is 4.34. The molecule has 6 heteroatoms. The van der Waals surface area contributed by atoms with Crippen molar-refractivity contribution in [2.45, 2.75) is 20.8 Å². The summed E-state index contributed by atoms with van der Waals surface area (Å²) in [6, 6.07) is 4.16. The van der Waals surface area contributed by atoms with Crippen molar-refractivity contribution in [2.24, 2.45) is 0 Å². The summed E-state index contributed by atoms with van der Waals surface area (Å²) in [5.41, 5.74) is 4.35. The summed E-state index contributed by atoms with van der Waals surface area (Å²) >= 11 is 17.6. The first-order valence-corrected chi connectivity index (χ1v) is 6.75. The van der Waals surface area contributed by atoms with Gasteiger partial charge in [0.2, 0.25) is 5.95 Å². The molecule has 0 aliphatic heterocycles. The van der Waals surface area contributed by atoms with Crippen LogP contribution in [-0.2, 0) is 0 Å². The summed E-state index contributed by atoms with van der Waals surface area (Å²) in [7, 11) is 0. The zero-order chi connectivity index (χ0) is 14.2. The van der Waals surface area contributed by atoms with E-state index in [0.29, 0.717) is 5.95 Å². The topological polar surface area (TPSA) is 37.8 Å². The number of aromatic nitrogens is 2. The molecule has 0 saturated heterocycles. The number of rotatable bonds is 2. The van der Waals surface area contributed by atoms with E-state index in [9.17, 15) is 0 Å². The van der Waals surface area contributed by atoms with Crippen LogP contribution in [0, 0.1) is 20.8 Å². The minimum atomic E-state index is 0.131. The minimum Gasteiger partial charge on any atom is -0.324 e. The fourth-order valence-electron chi connectivity index (χ4n) is 1.94. The molecule has 2 rings (SSSR count). The van der Waals surface area contributed by atoms with Crippen molar-refractivity contribution in [3.8, 4) is 0 Å². The Bertz CT molecular complexity index is 595. The summed E-state index contributed by atoms with van der Waals surface area (Å²) in [5, 5.41) is 3.55. The third kappa shape index (κ3) is 3.11. The van der Waals surface area contributed by atoms with E-state index in [2.05, 4.69) is 34.3 Å². The normalized spacial score (nSPS) is 10.6. The first-order valence-electron chi connectivity index (χ1n) is 5.62. The number of hydrogen-bond donors (Lipinski definition) is 1. The Morgan fingerprint density at radius 2 is 1.37 bits per heavy atom. The molecule has 0 radical (unpaired) electrons. The zero-order valence-corrected chi connectivity index (χ0v) is 13.0. The largest absolute Gasteiger partial charge is 0.324 e.